The number of anilines is 2. The Labute approximate surface area is 151 Å². The molecule has 0 bridgehead atoms. The fraction of sp³-hybridized carbons (Fsp3) is 0.350. The first-order chi connectivity index (χ1) is 12.1. The minimum atomic E-state index is -0.268. The Hall–Kier alpha value is -2.11. The number of aryl methyl sites for hydroxylation is 3. The summed E-state index contributed by atoms with van der Waals surface area (Å²) in [5.41, 5.74) is 4.33. The number of nitrogens with zero attached hydrogens (tertiary/aromatic N) is 1. The van der Waals surface area contributed by atoms with E-state index >= 15 is 0 Å². The minimum Gasteiger partial charge on any atom is -0.422 e. The van der Waals surface area contributed by atoms with Gasteiger partial charge in [0.05, 0.1) is 16.7 Å². The summed E-state index contributed by atoms with van der Waals surface area (Å²) in [6.45, 7) is 4.13. The number of aliphatic hydroxyl groups is 1. The highest BCUT2D eigenvalue weighted by Gasteiger charge is 2.20. The number of fused-ring (bicyclic) bond motifs is 1. The predicted molar refractivity (Wildman–Crippen MR) is 102 cm³/mol. The van der Waals surface area contributed by atoms with E-state index in [0.717, 1.165) is 41.3 Å². The van der Waals surface area contributed by atoms with Gasteiger partial charge in [0.25, 0.3) is 6.01 Å². The molecule has 2 aromatic heterocycles. The Morgan fingerprint density at radius 3 is 3.00 bits per heavy atom. The summed E-state index contributed by atoms with van der Waals surface area (Å²) in [5.74, 6) is 0.831. The van der Waals surface area contributed by atoms with Crippen LogP contribution in [0.25, 0.3) is 10.6 Å². The van der Waals surface area contributed by atoms with Crippen molar-refractivity contribution >= 4 is 23.0 Å². The Morgan fingerprint density at radius 2 is 2.20 bits per heavy atom. The third kappa shape index (κ3) is 3.22. The van der Waals surface area contributed by atoms with Gasteiger partial charge in [0.15, 0.2) is 5.76 Å². The van der Waals surface area contributed by atoms with E-state index in [1.54, 1.807) is 11.3 Å². The van der Waals surface area contributed by atoms with Gasteiger partial charge in [-0.3, -0.25) is 0 Å². The molecule has 1 aromatic carbocycles. The van der Waals surface area contributed by atoms with Gasteiger partial charge in [-0.1, -0.05) is 19.1 Å². The lowest BCUT2D eigenvalue weighted by Crippen LogP contribution is -2.19. The van der Waals surface area contributed by atoms with Crippen LogP contribution in [0.1, 0.15) is 35.0 Å². The normalized spacial score (nSPS) is 16.7. The van der Waals surface area contributed by atoms with E-state index in [0.29, 0.717) is 12.4 Å². The second-order valence-electron chi connectivity index (χ2n) is 6.52. The van der Waals surface area contributed by atoms with Gasteiger partial charge in [-0.2, -0.15) is 4.98 Å². The summed E-state index contributed by atoms with van der Waals surface area (Å²) >= 11 is 1.75. The Morgan fingerprint density at radius 1 is 1.32 bits per heavy atom. The smallest absolute Gasteiger partial charge is 0.299 e. The summed E-state index contributed by atoms with van der Waals surface area (Å²) in [6, 6.07) is 11.0. The molecule has 0 saturated carbocycles. The second-order valence-corrected chi connectivity index (χ2v) is 7.69. The zero-order valence-electron chi connectivity index (χ0n) is 14.5. The molecule has 1 aliphatic rings. The number of hydrogen-bond acceptors (Lipinski definition) is 5. The standard InChI is InChI=1S/C20H22N2O2S/c1-3-15-9-10-18(25-15)19-12(2)21-20(24-19)22-17-6-4-5-13-7-8-14(23)11-16(13)17/h4-6,9-10,14,23H,3,7-8,11H2,1-2H3,(H,21,22). The van der Waals surface area contributed by atoms with E-state index in [4.69, 9.17) is 4.42 Å². The lowest BCUT2D eigenvalue weighted by Gasteiger charge is -2.23. The molecule has 0 amide bonds. The molecule has 1 atom stereocenters. The van der Waals surface area contributed by atoms with Crippen molar-refractivity contribution in [3.8, 4) is 10.6 Å². The van der Waals surface area contributed by atoms with E-state index in [-0.39, 0.29) is 6.10 Å². The molecule has 4 rings (SSSR count). The number of thiophene rings is 1. The van der Waals surface area contributed by atoms with Gasteiger partial charge in [-0.25, -0.2) is 0 Å². The largest absolute Gasteiger partial charge is 0.422 e. The molecule has 0 radical (unpaired) electrons. The van der Waals surface area contributed by atoms with Crippen molar-refractivity contribution in [3.05, 3.63) is 52.0 Å². The summed E-state index contributed by atoms with van der Waals surface area (Å²) < 4.78 is 6.01. The van der Waals surface area contributed by atoms with Crippen molar-refractivity contribution in [1.29, 1.82) is 0 Å². The van der Waals surface area contributed by atoms with Crippen LogP contribution >= 0.6 is 11.3 Å². The van der Waals surface area contributed by atoms with Crippen molar-refractivity contribution in [3.63, 3.8) is 0 Å². The van der Waals surface area contributed by atoms with Crippen molar-refractivity contribution in [1.82, 2.24) is 4.98 Å². The van der Waals surface area contributed by atoms with Gasteiger partial charge in [-0.15, -0.1) is 11.3 Å². The maximum absolute atomic E-state index is 10.0. The summed E-state index contributed by atoms with van der Waals surface area (Å²) in [6.07, 6.45) is 3.18. The van der Waals surface area contributed by atoms with Crippen molar-refractivity contribution in [2.45, 2.75) is 45.6 Å². The molecule has 2 N–H and O–H groups in total. The zero-order chi connectivity index (χ0) is 17.4. The van der Waals surface area contributed by atoms with Crippen LogP contribution in [0.4, 0.5) is 11.7 Å². The summed E-state index contributed by atoms with van der Waals surface area (Å²) in [5, 5.41) is 13.3. The van der Waals surface area contributed by atoms with E-state index in [1.165, 1.54) is 16.0 Å². The third-order valence-corrected chi connectivity index (χ3v) is 5.96. The molecule has 0 fully saturated rings. The highest BCUT2D eigenvalue weighted by molar-refractivity contribution is 7.15. The van der Waals surface area contributed by atoms with Crippen molar-refractivity contribution in [2.75, 3.05) is 5.32 Å². The first-order valence-corrected chi connectivity index (χ1v) is 9.58. The SMILES string of the molecule is CCc1ccc(-c2oc(Nc3cccc4c3CC(O)CC4)nc2C)s1. The molecule has 0 aliphatic heterocycles. The van der Waals surface area contributed by atoms with Crippen LogP contribution in [0.15, 0.2) is 34.7 Å². The molecule has 25 heavy (non-hydrogen) atoms. The summed E-state index contributed by atoms with van der Waals surface area (Å²) in [7, 11) is 0. The zero-order valence-corrected chi connectivity index (χ0v) is 15.3. The fourth-order valence-corrected chi connectivity index (χ4v) is 4.35. The molecule has 2 heterocycles. The highest BCUT2D eigenvalue weighted by atomic mass is 32.1. The molecule has 1 aliphatic carbocycles. The van der Waals surface area contributed by atoms with Gasteiger partial charge in [0.2, 0.25) is 0 Å². The van der Waals surface area contributed by atoms with Gasteiger partial charge in [0, 0.05) is 17.0 Å². The summed E-state index contributed by atoms with van der Waals surface area (Å²) in [4.78, 5) is 7.00. The predicted octanol–water partition coefficient (Wildman–Crippen LogP) is 4.87. The van der Waals surface area contributed by atoms with Crippen LogP contribution in [0.3, 0.4) is 0 Å². The molecule has 0 spiro atoms. The third-order valence-electron chi connectivity index (χ3n) is 4.73. The Kier molecular flexibility index (Phi) is 4.36. The number of nitrogens with one attached hydrogen (secondary N) is 1. The topological polar surface area (TPSA) is 58.3 Å². The molecular formula is C20H22N2O2S. The molecule has 130 valence electrons. The van der Waals surface area contributed by atoms with Crippen LogP contribution in [0.2, 0.25) is 0 Å². The van der Waals surface area contributed by atoms with Crippen LogP contribution in [0.5, 0.6) is 0 Å². The molecular weight excluding hydrogens is 332 g/mol. The van der Waals surface area contributed by atoms with E-state index in [1.807, 2.05) is 19.1 Å². The molecule has 1 unspecified atom stereocenters. The van der Waals surface area contributed by atoms with E-state index < -0.39 is 0 Å². The Bertz CT molecular complexity index is 897. The van der Waals surface area contributed by atoms with E-state index in [2.05, 4.69) is 35.4 Å². The minimum absolute atomic E-state index is 0.268. The van der Waals surface area contributed by atoms with Crippen LogP contribution in [0, 0.1) is 6.92 Å². The van der Waals surface area contributed by atoms with Crippen LogP contribution in [-0.2, 0) is 19.3 Å². The van der Waals surface area contributed by atoms with Crippen molar-refractivity contribution < 1.29 is 9.52 Å². The van der Waals surface area contributed by atoms with Gasteiger partial charge >= 0.3 is 0 Å². The first-order valence-electron chi connectivity index (χ1n) is 8.76. The number of benzene rings is 1. The second kappa shape index (κ2) is 6.65. The average Bonchev–Trinajstić information content (AvgIpc) is 3.21. The fourth-order valence-electron chi connectivity index (χ4n) is 3.37. The number of aromatic nitrogens is 1. The van der Waals surface area contributed by atoms with Crippen molar-refractivity contribution in [2.24, 2.45) is 0 Å². The van der Waals surface area contributed by atoms with Gasteiger partial charge < -0.3 is 14.8 Å². The number of hydrogen-bond donors (Lipinski definition) is 2. The highest BCUT2D eigenvalue weighted by Crippen LogP contribution is 2.35. The lowest BCUT2D eigenvalue weighted by molar-refractivity contribution is 0.159. The maximum atomic E-state index is 10.0. The quantitative estimate of drug-likeness (QED) is 0.702. The monoisotopic (exact) mass is 354 g/mol. The molecule has 3 aromatic rings. The molecule has 0 saturated heterocycles. The average molecular weight is 354 g/mol. The molecule has 5 heteroatoms. The van der Waals surface area contributed by atoms with Crippen LogP contribution in [-0.4, -0.2) is 16.2 Å². The Balaban J connectivity index is 1.63. The maximum Gasteiger partial charge on any atom is 0.299 e. The van der Waals surface area contributed by atoms with Gasteiger partial charge in [-0.05, 0) is 55.5 Å². The lowest BCUT2D eigenvalue weighted by atomic mass is 9.88. The first kappa shape index (κ1) is 16.4. The van der Waals surface area contributed by atoms with Crippen LogP contribution < -0.4 is 5.32 Å². The number of aliphatic hydroxyl groups excluding tert-OH is 1. The van der Waals surface area contributed by atoms with E-state index in [9.17, 15) is 5.11 Å². The molecule has 4 nitrogen and oxygen atoms in total. The number of oxazole rings is 1. The van der Waals surface area contributed by atoms with Gasteiger partial charge in [0.1, 0.15) is 0 Å². The number of rotatable bonds is 4.